The standard InChI is InChI=1S/C33H34ClF4N9O5S/c1-31(2,3)16-32(20-6-7-21(23(36)10-20)19-13-41-45(14-19)53(4,50)51)28(48)46(29(39)44-32)25(15-52-30(49)43-26-11-33(26,37)38)18-5-8-22(34)24(9-18)47-27(12-35)40-17-42-47/h5-10,13-14,17,25-26H,11-12,15-16H2,1-4H3,(H2,39,44)(H,43,49)/t25-,26+,32-/m1/s1. The zero-order valence-electron chi connectivity index (χ0n) is 28.7. The summed E-state index contributed by atoms with van der Waals surface area (Å²) in [4.78, 5) is 32.4. The van der Waals surface area contributed by atoms with Crippen LogP contribution in [0.1, 0.15) is 56.6 Å². The molecule has 3 atom stereocenters. The van der Waals surface area contributed by atoms with E-state index >= 15 is 4.39 Å². The quantitative estimate of drug-likeness (QED) is 0.175. The highest BCUT2D eigenvalue weighted by molar-refractivity contribution is 7.89. The number of alkyl carbamates (subject to hydrolysis) is 1. The van der Waals surface area contributed by atoms with Crippen molar-refractivity contribution in [2.45, 2.75) is 63.8 Å². The van der Waals surface area contributed by atoms with Crippen molar-refractivity contribution in [3.63, 3.8) is 0 Å². The Hall–Kier alpha value is -5.04. The van der Waals surface area contributed by atoms with Crippen molar-refractivity contribution in [2.24, 2.45) is 5.41 Å². The van der Waals surface area contributed by atoms with Gasteiger partial charge in [-0.1, -0.05) is 50.6 Å². The third-order valence-electron chi connectivity index (χ3n) is 8.75. The molecule has 2 aromatic carbocycles. The van der Waals surface area contributed by atoms with E-state index in [4.69, 9.17) is 21.7 Å². The Balaban J connectivity index is 1.41. The van der Waals surface area contributed by atoms with Crippen LogP contribution in [0.25, 0.3) is 16.8 Å². The number of nitrogens with one attached hydrogen (secondary N) is 3. The van der Waals surface area contributed by atoms with Gasteiger partial charge in [0.2, 0.25) is 0 Å². The van der Waals surface area contributed by atoms with Gasteiger partial charge in [0.1, 0.15) is 37.0 Å². The molecule has 4 aromatic rings. The number of guanidine groups is 1. The molecule has 14 nitrogen and oxygen atoms in total. The molecule has 6 rings (SSSR count). The molecule has 2 amide bonds. The molecule has 1 aliphatic carbocycles. The minimum Gasteiger partial charge on any atom is -0.447 e. The number of halogens is 5. The number of nitrogens with zero attached hydrogens (tertiary/aromatic N) is 6. The molecule has 1 saturated heterocycles. The van der Waals surface area contributed by atoms with Crippen molar-refractivity contribution in [2.75, 3.05) is 12.9 Å². The van der Waals surface area contributed by atoms with Gasteiger partial charge in [-0.25, -0.2) is 40.4 Å². The summed E-state index contributed by atoms with van der Waals surface area (Å²) < 4.78 is 87.9. The minimum atomic E-state index is -3.75. The molecular weight excluding hydrogens is 746 g/mol. The lowest BCUT2D eigenvalue weighted by atomic mass is 9.75. The number of hydrogen-bond acceptors (Lipinski definition) is 9. The third-order valence-corrected chi connectivity index (χ3v) is 9.95. The number of rotatable bonds is 11. The second kappa shape index (κ2) is 13.4. The first-order valence-electron chi connectivity index (χ1n) is 16.1. The molecule has 0 unspecified atom stereocenters. The maximum absolute atomic E-state index is 15.9. The zero-order valence-corrected chi connectivity index (χ0v) is 30.3. The topological polar surface area (TPSA) is 177 Å². The summed E-state index contributed by atoms with van der Waals surface area (Å²) in [6, 6.07) is 5.57. The highest BCUT2D eigenvalue weighted by Gasteiger charge is 2.58. The molecule has 1 aliphatic heterocycles. The Labute approximate surface area is 306 Å². The van der Waals surface area contributed by atoms with Gasteiger partial charge in [-0.15, -0.1) is 0 Å². The van der Waals surface area contributed by atoms with E-state index < -0.39 is 82.5 Å². The van der Waals surface area contributed by atoms with E-state index in [-0.39, 0.29) is 45.2 Å². The van der Waals surface area contributed by atoms with Crippen LogP contribution in [-0.2, 0) is 31.8 Å². The van der Waals surface area contributed by atoms with Gasteiger partial charge >= 0.3 is 6.09 Å². The van der Waals surface area contributed by atoms with Crippen molar-refractivity contribution in [3.8, 4) is 16.8 Å². The number of ether oxygens (including phenoxy) is 1. The number of alkyl halides is 3. The van der Waals surface area contributed by atoms with Crippen LogP contribution in [-0.4, -0.2) is 80.1 Å². The smallest absolute Gasteiger partial charge is 0.407 e. The summed E-state index contributed by atoms with van der Waals surface area (Å²) in [7, 11) is -3.75. The zero-order chi connectivity index (χ0) is 38.7. The van der Waals surface area contributed by atoms with Crippen molar-refractivity contribution in [3.05, 3.63) is 82.9 Å². The molecule has 20 heteroatoms. The summed E-state index contributed by atoms with van der Waals surface area (Å²) in [6.07, 6.45) is 2.66. The van der Waals surface area contributed by atoms with Crippen molar-refractivity contribution < 1.29 is 40.3 Å². The number of carbonyl (C=O) groups is 2. The van der Waals surface area contributed by atoms with Crippen molar-refractivity contribution in [1.29, 1.82) is 5.41 Å². The van der Waals surface area contributed by atoms with E-state index in [1.165, 1.54) is 36.5 Å². The lowest BCUT2D eigenvalue weighted by Gasteiger charge is -2.35. The summed E-state index contributed by atoms with van der Waals surface area (Å²) in [5, 5.41) is 22.0. The van der Waals surface area contributed by atoms with E-state index in [0.717, 1.165) is 34.4 Å². The molecular formula is C33H34ClF4N9O5S. The van der Waals surface area contributed by atoms with Gasteiger partial charge in [0.05, 0.1) is 35.4 Å². The normalized spacial score (nSPS) is 20.3. The summed E-state index contributed by atoms with van der Waals surface area (Å²) in [5.41, 5.74) is -1.72. The van der Waals surface area contributed by atoms with Crippen LogP contribution in [0, 0.1) is 16.6 Å². The molecule has 0 bridgehead atoms. The number of hydrogen-bond donors (Lipinski definition) is 3. The van der Waals surface area contributed by atoms with Gasteiger partial charge in [0.25, 0.3) is 21.9 Å². The van der Waals surface area contributed by atoms with E-state index in [1.54, 1.807) is 0 Å². The highest BCUT2D eigenvalue weighted by Crippen LogP contribution is 2.44. The van der Waals surface area contributed by atoms with Gasteiger partial charge in [-0.05, 0) is 41.2 Å². The lowest BCUT2D eigenvalue weighted by molar-refractivity contribution is -0.134. The van der Waals surface area contributed by atoms with Gasteiger partial charge in [-0.3, -0.25) is 15.1 Å². The Bertz CT molecular complexity index is 2220. The molecule has 2 fully saturated rings. The maximum Gasteiger partial charge on any atom is 0.407 e. The fraction of sp³-hybridized carbons (Fsp3) is 0.394. The first-order chi connectivity index (χ1) is 24.7. The van der Waals surface area contributed by atoms with Crippen LogP contribution >= 0.6 is 11.6 Å². The molecule has 282 valence electrons. The number of amides is 2. The molecule has 3 heterocycles. The minimum absolute atomic E-state index is 0.0000742. The molecule has 0 spiro atoms. The molecule has 2 aliphatic rings. The van der Waals surface area contributed by atoms with Crippen LogP contribution < -0.4 is 10.6 Å². The predicted molar refractivity (Wildman–Crippen MR) is 183 cm³/mol. The van der Waals surface area contributed by atoms with Crippen molar-refractivity contribution in [1.82, 2.24) is 39.5 Å². The fourth-order valence-electron chi connectivity index (χ4n) is 6.26. The predicted octanol–water partition coefficient (Wildman–Crippen LogP) is 5.07. The Morgan fingerprint density at radius 2 is 1.92 bits per heavy atom. The van der Waals surface area contributed by atoms with Gasteiger partial charge in [0.15, 0.2) is 11.8 Å². The fourth-order valence-corrected chi connectivity index (χ4v) is 6.98. The number of benzene rings is 2. The summed E-state index contributed by atoms with van der Waals surface area (Å²) >= 11 is 6.47. The number of carbonyl (C=O) groups excluding carboxylic acids is 2. The van der Waals surface area contributed by atoms with Crippen LogP contribution in [0.2, 0.25) is 5.02 Å². The van der Waals surface area contributed by atoms with Gasteiger partial charge in [0, 0.05) is 17.5 Å². The molecule has 2 aromatic heterocycles. The largest absolute Gasteiger partial charge is 0.447 e. The van der Waals surface area contributed by atoms with Crippen LogP contribution in [0.3, 0.4) is 0 Å². The second-order valence-corrected chi connectivity index (χ2v) is 16.3. The average molecular weight is 780 g/mol. The van der Waals surface area contributed by atoms with Crippen LogP contribution in [0.5, 0.6) is 0 Å². The summed E-state index contributed by atoms with van der Waals surface area (Å²) in [6.45, 7) is 3.88. The lowest BCUT2D eigenvalue weighted by Crippen LogP contribution is -2.47. The van der Waals surface area contributed by atoms with E-state index in [2.05, 4.69) is 25.8 Å². The molecule has 1 saturated carbocycles. The van der Waals surface area contributed by atoms with Gasteiger partial charge < -0.3 is 15.4 Å². The van der Waals surface area contributed by atoms with Crippen molar-refractivity contribution >= 4 is 39.6 Å². The van der Waals surface area contributed by atoms with Gasteiger partial charge in [-0.2, -0.15) is 14.3 Å². The van der Waals surface area contributed by atoms with Crippen LogP contribution in [0.15, 0.2) is 55.1 Å². The van der Waals surface area contributed by atoms with E-state index in [0.29, 0.717) is 4.09 Å². The first-order valence-corrected chi connectivity index (χ1v) is 18.3. The molecule has 0 radical (unpaired) electrons. The molecule has 53 heavy (non-hydrogen) atoms. The average Bonchev–Trinajstić information content (AvgIpc) is 3.51. The first kappa shape index (κ1) is 37.7. The second-order valence-electron chi connectivity index (χ2n) is 14.1. The van der Waals surface area contributed by atoms with E-state index in [1.807, 2.05) is 20.8 Å². The number of aromatic nitrogens is 5. The summed E-state index contributed by atoms with van der Waals surface area (Å²) in [5.74, 6) is -5.18. The van der Waals surface area contributed by atoms with E-state index in [9.17, 15) is 31.2 Å². The Morgan fingerprint density at radius 3 is 2.53 bits per heavy atom. The maximum atomic E-state index is 15.9. The Morgan fingerprint density at radius 1 is 1.21 bits per heavy atom. The Kier molecular flexibility index (Phi) is 9.55. The molecule has 3 N–H and O–H groups in total. The SMILES string of the molecule is CC(C)(C)C[C@]1(c2ccc(-c3cnn(S(C)(=O)=O)c3)c(F)c2)NC(=N)N([C@H](COC(=O)N[C@H]2CC2(F)F)c2ccc(Cl)c(-n3ncnc3CF)c2)C1=O. The third kappa shape index (κ3) is 7.44. The van der Waals surface area contributed by atoms with Crippen LogP contribution in [0.4, 0.5) is 22.4 Å². The monoisotopic (exact) mass is 779 g/mol. The highest BCUT2D eigenvalue weighted by atomic mass is 35.5.